The highest BCUT2D eigenvalue weighted by Crippen LogP contribution is 2.28. The van der Waals surface area contributed by atoms with Crippen molar-refractivity contribution in [2.24, 2.45) is 14.1 Å². The quantitative estimate of drug-likeness (QED) is 0.480. The molecule has 0 saturated heterocycles. The third kappa shape index (κ3) is 5.03. The van der Waals surface area contributed by atoms with Crippen LogP contribution in [0.2, 0.25) is 0 Å². The molecule has 3 aromatic rings. The summed E-state index contributed by atoms with van der Waals surface area (Å²) in [6.45, 7) is -0.429. The fourth-order valence-corrected chi connectivity index (χ4v) is 2.58. The number of alkyl halides is 3. The summed E-state index contributed by atoms with van der Waals surface area (Å²) in [6.07, 6.45) is -4.67. The standard InChI is InChI=1S/C14H13F3IN9O2/c1-26-12(18)20-10(23-26)6-29-5-8-7(3-4-9(19-8)14(15,16)17)11(28)21-13-22-24-25-27(13)2/h3-4H,5-6H2,1-2H3,(H,21,22,25,28). The van der Waals surface area contributed by atoms with E-state index in [2.05, 4.69) is 35.9 Å². The highest BCUT2D eigenvalue weighted by molar-refractivity contribution is 14.1. The van der Waals surface area contributed by atoms with Crippen molar-refractivity contribution in [3.05, 3.63) is 38.7 Å². The van der Waals surface area contributed by atoms with Crippen molar-refractivity contribution in [2.75, 3.05) is 5.32 Å². The lowest BCUT2D eigenvalue weighted by molar-refractivity contribution is -0.141. The van der Waals surface area contributed by atoms with E-state index in [-0.39, 0.29) is 30.4 Å². The molecular formula is C14H13F3IN9O2. The first kappa shape index (κ1) is 21.0. The van der Waals surface area contributed by atoms with E-state index in [4.69, 9.17) is 4.74 Å². The lowest BCUT2D eigenvalue weighted by Crippen LogP contribution is -2.20. The number of tetrazole rings is 1. The minimum atomic E-state index is -4.67. The van der Waals surface area contributed by atoms with Gasteiger partial charge in [-0.25, -0.2) is 19.3 Å². The first-order chi connectivity index (χ1) is 13.6. The molecule has 0 radical (unpaired) electrons. The molecule has 1 N–H and O–H groups in total. The average molecular weight is 523 g/mol. The number of hydrogen-bond acceptors (Lipinski definition) is 8. The average Bonchev–Trinajstić information content (AvgIpc) is 3.19. The van der Waals surface area contributed by atoms with Gasteiger partial charge in [0.1, 0.15) is 12.3 Å². The molecule has 0 aliphatic rings. The second-order valence-corrected chi connectivity index (χ2v) is 6.65. The van der Waals surface area contributed by atoms with E-state index in [9.17, 15) is 18.0 Å². The number of ether oxygens (including phenoxy) is 1. The number of anilines is 1. The SMILES string of the molecule is Cn1nc(COCc2nc(C(F)(F)F)ccc2C(=O)Nc2nnnn2C)nc1I. The maximum atomic E-state index is 13.0. The van der Waals surface area contributed by atoms with Crippen LogP contribution in [0.25, 0.3) is 0 Å². The van der Waals surface area contributed by atoms with Crippen molar-refractivity contribution in [1.82, 2.24) is 40.0 Å². The van der Waals surface area contributed by atoms with Crippen LogP contribution in [0.5, 0.6) is 0 Å². The van der Waals surface area contributed by atoms with Crippen LogP contribution >= 0.6 is 22.6 Å². The van der Waals surface area contributed by atoms with Gasteiger partial charge in [0.2, 0.25) is 5.95 Å². The van der Waals surface area contributed by atoms with Gasteiger partial charge < -0.3 is 4.74 Å². The normalized spacial score (nSPS) is 11.7. The molecule has 1 amide bonds. The molecular weight excluding hydrogens is 510 g/mol. The summed E-state index contributed by atoms with van der Waals surface area (Å²) in [4.78, 5) is 20.2. The van der Waals surface area contributed by atoms with E-state index in [1.807, 2.05) is 22.6 Å². The van der Waals surface area contributed by atoms with Gasteiger partial charge in [0, 0.05) is 36.7 Å². The number of hydrogen-bond donors (Lipinski definition) is 1. The molecule has 154 valence electrons. The van der Waals surface area contributed by atoms with Crippen LogP contribution in [0.1, 0.15) is 27.6 Å². The maximum Gasteiger partial charge on any atom is 0.433 e. The van der Waals surface area contributed by atoms with Crippen LogP contribution in [-0.4, -0.2) is 45.9 Å². The zero-order valence-electron chi connectivity index (χ0n) is 15.0. The van der Waals surface area contributed by atoms with Gasteiger partial charge in [-0.3, -0.25) is 10.1 Å². The monoisotopic (exact) mass is 523 g/mol. The van der Waals surface area contributed by atoms with Crippen LogP contribution in [0.15, 0.2) is 12.1 Å². The Bertz CT molecular complexity index is 1010. The van der Waals surface area contributed by atoms with Gasteiger partial charge in [-0.2, -0.15) is 18.3 Å². The smallest absolute Gasteiger partial charge is 0.367 e. The molecule has 15 heteroatoms. The predicted molar refractivity (Wildman–Crippen MR) is 98.2 cm³/mol. The lowest BCUT2D eigenvalue weighted by Gasteiger charge is -2.12. The largest absolute Gasteiger partial charge is 0.433 e. The van der Waals surface area contributed by atoms with Crippen LogP contribution in [0.3, 0.4) is 0 Å². The lowest BCUT2D eigenvalue weighted by atomic mass is 10.1. The van der Waals surface area contributed by atoms with E-state index in [0.717, 1.165) is 12.1 Å². The number of aromatic nitrogens is 8. The second kappa shape index (κ2) is 8.36. The predicted octanol–water partition coefficient (Wildman–Crippen LogP) is 1.33. The molecule has 0 bridgehead atoms. The minimum Gasteiger partial charge on any atom is -0.367 e. The summed E-state index contributed by atoms with van der Waals surface area (Å²) < 4.78 is 47.8. The van der Waals surface area contributed by atoms with Gasteiger partial charge in [-0.15, -0.1) is 0 Å². The number of aryl methyl sites for hydroxylation is 2. The zero-order valence-corrected chi connectivity index (χ0v) is 17.1. The minimum absolute atomic E-state index is 0.0222. The van der Waals surface area contributed by atoms with Crippen LogP contribution in [0.4, 0.5) is 19.1 Å². The summed E-state index contributed by atoms with van der Waals surface area (Å²) in [7, 11) is 3.18. The molecule has 3 rings (SSSR count). The summed E-state index contributed by atoms with van der Waals surface area (Å²) >= 11 is 1.97. The Morgan fingerprint density at radius 1 is 1.21 bits per heavy atom. The van der Waals surface area contributed by atoms with Crippen molar-refractivity contribution in [2.45, 2.75) is 19.4 Å². The van der Waals surface area contributed by atoms with Crippen LogP contribution in [-0.2, 0) is 38.2 Å². The van der Waals surface area contributed by atoms with Crippen molar-refractivity contribution in [3.63, 3.8) is 0 Å². The van der Waals surface area contributed by atoms with Gasteiger partial charge in [-0.1, -0.05) is 5.10 Å². The molecule has 0 aromatic carbocycles. The fraction of sp³-hybridized carbons (Fsp3) is 0.357. The topological polar surface area (TPSA) is 126 Å². The number of nitrogens with one attached hydrogen (secondary N) is 1. The molecule has 11 nitrogen and oxygen atoms in total. The number of carbonyl (C=O) groups excluding carboxylic acids is 1. The maximum absolute atomic E-state index is 13.0. The van der Waals surface area contributed by atoms with Crippen LogP contribution in [0, 0.1) is 3.83 Å². The van der Waals surface area contributed by atoms with Crippen molar-refractivity contribution in [3.8, 4) is 0 Å². The molecule has 0 fully saturated rings. The Balaban J connectivity index is 1.81. The summed E-state index contributed by atoms with van der Waals surface area (Å²) in [5, 5.41) is 17.0. The molecule has 0 spiro atoms. The Hall–Kier alpha value is -2.69. The zero-order chi connectivity index (χ0) is 21.2. The van der Waals surface area contributed by atoms with Crippen molar-refractivity contribution in [1.29, 1.82) is 0 Å². The Labute approximate surface area is 174 Å². The Kier molecular flexibility index (Phi) is 6.06. The van der Waals surface area contributed by atoms with E-state index in [1.165, 1.54) is 16.4 Å². The fourth-order valence-electron chi connectivity index (χ4n) is 2.20. The molecule has 0 unspecified atom stereocenters. The van der Waals surface area contributed by atoms with Gasteiger partial charge in [0.05, 0.1) is 17.9 Å². The third-order valence-electron chi connectivity index (χ3n) is 3.58. The highest BCUT2D eigenvalue weighted by atomic mass is 127. The molecule has 3 aromatic heterocycles. The van der Waals surface area contributed by atoms with E-state index >= 15 is 0 Å². The first-order valence-corrected chi connectivity index (χ1v) is 8.97. The number of nitrogens with zero attached hydrogens (tertiary/aromatic N) is 8. The molecule has 0 saturated carbocycles. The molecule has 29 heavy (non-hydrogen) atoms. The summed E-state index contributed by atoms with van der Waals surface area (Å²) in [5.74, 6) is -0.359. The summed E-state index contributed by atoms with van der Waals surface area (Å²) in [6, 6.07) is 1.74. The Morgan fingerprint density at radius 3 is 2.55 bits per heavy atom. The third-order valence-corrected chi connectivity index (χ3v) is 4.52. The van der Waals surface area contributed by atoms with Gasteiger partial charge in [-0.05, 0) is 22.6 Å². The first-order valence-electron chi connectivity index (χ1n) is 7.89. The number of amides is 1. The number of halogens is 4. The van der Waals surface area contributed by atoms with E-state index in [1.54, 1.807) is 7.05 Å². The van der Waals surface area contributed by atoms with Gasteiger partial charge >= 0.3 is 6.18 Å². The number of rotatable bonds is 6. The van der Waals surface area contributed by atoms with E-state index in [0.29, 0.717) is 9.66 Å². The molecule has 0 aliphatic carbocycles. The molecule has 3 heterocycles. The number of pyridine rings is 1. The second-order valence-electron chi connectivity index (χ2n) is 5.68. The van der Waals surface area contributed by atoms with Crippen LogP contribution < -0.4 is 5.32 Å². The van der Waals surface area contributed by atoms with Crippen molar-refractivity contribution < 1.29 is 22.7 Å². The van der Waals surface area contributed by atoms with Gasteiger partial charge in [0.25, 0.3) is 5.91 Å². The highest BCUT2D eigenvalue weighted by Gasteiger charge is 2.33. The summed E-state index contributed by atoms with van der Waals surface area (Å²) in [5.41, 5.74) is -1.44. The molecule has 0 atom stereocenters. The van der Waals surface area contributed by atoms with Crippen molar-refractivity contribution >= 4 is 34.4 Å². The molecule has 0 aliphatic heterocycles. The Morgan fingerprint density at radius 2 is 1.97 bits per heavy atom. The van der Waals surface area contributed by atoms with Gasteiger partial charge in [0.15, 0.2) is 9.66 Å². The number of carbonyl (C=O) groups is 1. The van der Waals surface area contributed by atoms with E-state index < -0.39 is 17.8 Å².